The third kappa shape index (κ3) is 9.39. The first-order chi connectivity index (χ1) is 22.9. The maximum Gasteiger partial charge on any atom is 0.311 e. The van der Waals surface area contributed by atoms with Crippen LogP contribution < -0.4 is 0 Å². The van der Waals surface area contributed by atoms with E-state index < -0.39 is 90.3 Å². The van der Waals surface area contributed by atoms with Crippen molar-refractivity contribution in [3.63, 3.8) is 0 Å². The van der Waals surface area contributed by atoms with E-state index in [-0.39, 0.29) is 30.5 Å². The lowest BCUT2D eigenvalue weighted by Crippen LogP contribution is -2.58. The summed E-state index contributed by atoms with van der Waals surface area (Å²) in [6.07, 6.45) is -2.90. The molecule has 0 aromatic carbocycles. The Labute approximate surface area is 291 Å². The normalized spacial score (nSPS) is 43.9. The SMILES string of the molecule is CC(=O)O[C@H]1[C@@H](C)[C@H](C)OC(=O)[C@H](C)[C@H](O[C@H]2CCCO2)[C@H](C)[C@@H](O[C@@H]2O[C@H](C)C[C@H](N(C)C)[C@H]2OC(C)=O)[C@H](C)C[C@@]2(CO2)C(=O)[C@@H]1C. The molecule has 0 amide bonds. The fraction of sp³-hybridized carbons (Fsp3) is 0.889. The minimum atomic E-state index is -1.11. The minimum absolute atomic E-state index is 0.183. The Balaban J connectivity index is 1.78. The molecule has 0 unspecified atom stereocenters. The summed E-state index contributed by atoms with van der Waals surface area (Å²) in [6, 6.07) is -0.183. The van der Waals surface area contributed by atoms with Crippen LogP contribution in [0.25, 0.3) is 0 Å². The number of ether oxygens (including phenoxy) is 8. The van der Waals surface area contributed by atoms with Crippen LogP contribution in [0.2, 0.25) is 0 Å². The number of carbonyl (C=O) groups is 4. The first-order valence-electron chi connectivity index (χ1n) is 17.9. The molecule has 4 heterocycles. The van der Waals surface area contributed by atoms with Crippen molar-refractivity contribution < 1.29 is 57.1 Å². The summed E-state index contributed by atoms with van der Waals surface area (Å²) < 4.78 is 49.3. The van der Waals surface area contributed by atoms with Gasteiger partial charge in [0.1, 0.15) is 12.2 Å². The fourth-order valence-corrected chi connectivity index (χ4v) is 7.91. The first kappa shape index (κ1) is 39.6. The Morgan fingerprint density at radius 3 is 2.02 bits per heavy atom. The molecule has 0 radical (unpaired) electrons. The first-order valence-corrected chi connectivity index (χ1v) is 17.9. The second kappa shape index (κ2) is 16.5. The molecule has 4 rings (SSSR count). The lowest BCUT2D eigenvalue weighted by Gasteiger charge is -2.46. The van der Waals surface area contributed by atoms with E-state index >= 15 is 0 Å². The number of hydrogen-bond acceptors (Lipinski definition) is 13. The Kier molecular flexibility index (Phi) is 13.3. The molecule has 0 N–H and O–H groups in total. The van der Waals surface area contributed by atoms with Gasteiger partial charge >= 0.3 is 17.9 Å². The number of cyclic esters (lactones) is 1. The number of likely N-dealkylation sites (N-methyl/N-ethyl adjacent to an activating group) is 1. The van der Waals surface area contributed by atoms with Gasteiger partial charge in [-0.1, -0.05) is 27.7 Å². The number of ketones is 1. The van der Waals surface area contributed by atoms with Gasteiger partial charge in [0, 0.05) is 38.7 Å². The maximum atomic E-state index is 14.2. The van der Waals surface area contributed by atoms with Crippen molar-refractivity contribution in [1.29, 1.82) is 0 Å². The zero-order chi connectivity index (χ0) is 36.4. The van der Waals surface area contributed by atoms with Crippen LogP contribution in [0, 0.1) is 29.6 Å². The second-order valence-electron chi connectivity index (χ2n) is 15.1. The molecular weight excluding hydrogens is 638 g/mol. The van der Waals surface area contributed by atoms with Crippen molar-refractivity contribution in [3.05, 3.63) is 0 Å². The number of epoxide rings is 1. The van der Waals surface area contributed by atoms with Crippen molar-refractivity contribution in [2.24, 2.45) is 29.6 Å². The molecule has 0 aliphatic carbocycles. The van der Waals surface area contributed by atoms with Gasteiger partial charge in [0.2, 0.25) is 0 Å². The minimum Gasteiger partial charge on any atom is -0.462 e. The highest BCUT2D eigenvalue weighted by Gasteiger charge is 2.58. The van der Waals surface area contributed by atoms with Gasteiger partial charge in [-0.3, -0.25) is 19.2 Å². The van der Waals surface area contributed by atoms with Gasteiger partial charge in [0.25, 0.3) is 0 Å². The average molecular weight is 698 g/mol. The number of rotatable bonds is 7. The number of nitrogens with zero attached hydrogens (tertiary/aromatic N) is 1. The average Bonchev–Trinajstić information content (AvgIpc) is 3.61. The molecule has 1 spiro atoms. The van der Waals surface area contributed by atoms with E-state index in [1.54, 1.807) is 20.8 Å². The summed E-state index contributed by atoms with van der Waals surface area (Å²) in [4.78, 5) is 54.7. The van der Waals surface area contributed by atoms with Crippen molar-refractivity contribution >= 4 is 23.7 Å². The molecular formula is C36H59NO12. The molecule has 13 heteroatoms. The van der Waals surface area contributed by atoms with Crippen LogP contribution in [-0.2, 0) is 57.1 Å². The third-order valence-electron chi connectivity index (χ3n) is 10.9. The summed E-state index contributed by atoms with van der Waals surface area (Å²) in [5, 5.41) is 0. The van der Waals surface area contributed by atoms with Crippen LogP contribution in [0.1, 0.15) is 88.0 Å². The second-order valence-corrected chi connectivity index (χ2v) is 15.1. The lowest BCUT2D eigenvalue weighted by atomic mass is 9.76. The molecule has 280 valence electrons. The zero-order valence-electron chi connectivity index (χ0n) is 31.2. The molecule has 4 aliphatic heterocycles. The van der Waals surface area contributed by atoms with Gasteiger partial charge in [-0.15, -0.1) is 0 Å². The fourth-order valence-electron chi connectivity index (χ4n) is 7.91. The molecule has 13 nitrogen and oxygen atoms in total. The topological polar surface area (TPSA) is 149 Å². The highest BCUT2D eigenvalue weighted by molar-refractivity contribution is 5.92. The highest BCUT2D eigenvalue weighted by Crippen LogP contribution is 2.43. The molecule has 0 saturated carbocycles. The van der Waals surface area contributed by atoms with Crippen LogP contribution in [0.5, 0.6) is 0 Å². The van der Waals surface area contributed by atoms with Crippen LogP contribution in [0.3, 0.4) is 0 Å². The maximum absolute atomic E-state index is 14.2. The van der Waals surface area contributed by atoms with E-state index in [4.69, 9.17) is 37.9 Å². The molecule has 4 fully saturated rings. The van der Waals surface area contributed by atoms with Crippen molar-refractivity contribution in [2.75, 3.05) is 27.3 Å². The van der Waals surface area contributed by atoms with Gasteiger partial charge in [0.15, 0.2) is 30.1 Å². The smallest absolute Gasteiger partial charge is 0.311 e. The molecule has 49 heavy (non-hydrogen) atoms. The van der Waals surface area contributed by atoms with Crippen LogP contribution >= 0.6 is 0 Å². The Morgan fingerprint density at radius 2 is 1.47 bits per heavy atom. The highest BCUT2D eigenvalue weighted by atomic mass is 16.7. The molecule has 15 atom stereocenters. The molecule has 0 aromatic heterocycles. The predicted molar refractivity (Wildman–Crippen MR) is 176 cm³/mol. The number of carbonyl (C=O) groups excluding carboxylic acids is 4. The van der Waals surface area contributed by atoms with Crippen molar-refractivity contribution in [1.82, 2.24) is 4.90 Å². The van der Waals surface area contributed by atoms with E-state index in [0.717, 1.165) is 6.42 Å². The van der Waals surface area contributed by atoms with E-state index in [1.165, 1.54) is 13.8 Å². The van der Waals surface area contributed by atoms with Gasteiger partial charge in [0.05, 0.1) is 42.8 Å². The van der Waals surface area contributed by atoms with Crippen molar-refractivity contribution in [3.8, 4) is 0 Å². The van der Waals surface area contributed by atoms with E-state index in [9.17, 15) is 19.2 Å². The zero-order valence-corrected chi connectivity index (χ0v) is 31.2. The standard InChI is InChI=1S/C36H59NO12/c1-18-16-36(17-43-36)33(40)22(5)30(46-25(8)38)20(3)24(7)45-34(41)23(6)31(48-28-13-12-14-42-28)21(4)29(18)49-35-32(47-26(9)39)27(37(10)11)15-19(2)44-35/h18-24,27-32,35H,12-17H2,1-11H3/t18-,19-,20+,21-,22-,23-,24+,27+,28+,29+,30+,31-,32-,35+,36-/m1/s1. The number of hydrogen-bond donors (Lipinski definition) is 0. The van der Waals surface area contributed by atoms with Gasteiger partial charge in [-0.25, -0.2) is 0 Å². The number of esters is 3. The van der Waals surface area contributed by atoms with Gasteiger partial charge in [-0.05, 0) is 60.0 Å². The summed E-state index contributed by atoms with van der Waals surface area (Å²) in [5.74, 6) is -4.44. The summed E-state index contributed by atoms with van der Waals surface area (Å²) >= 11 is 0. The van der Waals surface area contributed by atoms with Crippen LogP contribution in [0.4, 0.5) is 0 Å². The molecule has 4 saturated heterocycles. The van der Waals surface area contributed by atoms with Crippen molar-refractivity contribution in [2.45, 2.75) is 149 Å². The Hall–Kier alpha value is -2.16. The Bertz CT molecular complexity index is 1170. The third-order valence-corrected chi connectivity index (χ3v) is 10.9. The van der Waals surface area contributed by atoms with E-state index in [0.29, 0.717) is 25.9 Å². The molecule has 4 aliphatic rings. The van der Waals surface area contributed by atoms with Gasteiger partial charge in [-0.2, -0.15) is 0 Å². The number of Topliss-reactive ketones (excluding diaryl/α,β-unsaturated/α-hetero) is 1. The van der Waals surface area contributed by atoms with E-state index in [2.05, 4.69) is 0 Å². The lowest BCUT2D eigenvalue weighted by molar-refractivity contribution is -0.290. The van der Waals surface area contributed by atoms with Crippen LogP contribution in [0.15, 0.2) is 0 Å². The summed E-state index contributed by atoms with van der Waals surface area (Å²) in [7, 11) is 3.85. The largest absolute Gasteiger partial charge is 0.462 e. The summed E-state index contributed by atoms with van der Waals surface area (Å²) in [5.41, 5.74) is -1.11. The van der Waals surface area contributed by atoms with E-state index in [1.807, 2.05) is 46.7 Å². The predicted octanol–water partition coefficient (Wildman–Crippen LogP) is 3.68. The van der Waals surface area contributed by atoms with Gasteiger partial charge < -0.3 is 42.8 Å². The molecule has 0 aromatic rings. The quantitative estimate of drug-likeness (QED) is 0.217. The Morgan fingerprint density at radius 1 is 0.837 bits per heavy atom. The van der Waals surface area contributed by atoms with Crippen LogP contribution in [-0.4, -0.2) is 117 Å². The monoisotopic (exact) mass is 697 g/mol. The molecule has 0 bridgehead atoms. The summed E-state index contributed by atoms with van der Waals surface area (Å²) in [6.45, 7) is 16.4.